The fourth-order valence-electron chi connectivity index (χ4n) is 2.54. The number of nitrogens with zero attached hydrogens (tertiary/aromatic N) is 2. The second kappa shape index (κ2) is 4.53. The maximum absolute atomic E-state index is 13.1. The van der Waals surface area contributed by atoms with Gasteiger partial charge in [-0.2, -0.15) is 0 Å². The first-order valence-corrected chi connectivity index (χ1v) is 6.21. The van der Waals surface area contributed by atoms with Gasteiger partial charge in [0.2, 0.25) is 0 Å². The Labute approximate surface area is 105 Å². The fraction of sp³-hybridized carbons (Fsp3) is 0.357. The summed E-state index contributed by atoms with van der Waals surface area (Å²) in [4.78, 5) is 4.35. The van der Waals surface area contributed by atoms with E-state index in [1.54, 1.807) is 6.07 Å². The predicted molar refractivity (Wildman–Crippen MR) is 65.6 cm³/mol. The van der Waals surface area contributed by atoms with Crippen LogP contribution >= 0.6 is 0 Å². The topological polar surface area (TPSA) is 38.1 Å². The van der Waals surface area contributed by atoms with Gasteiger partial charge in [-0.15, -0.1) is 0 Å². The SMILES string of the molecule is OC1CCCc2cnc(Cc3cccc(F)c3)n21. The van der Waals surface area contributed by atoms with Gasteiger partial charge in [0.1, 0.15) is 17.9 Å². The lowest BCUT2D eigenvalue weighted by Gasteiger charge is -2.22. The number of aliphatic hydroxyl groups is 1. The van der Waals surface area contributed by atoms with Gasteiger partial charge in [-0.25, -0.2) is 9.37 Å². The van der Waals surface area contributed by atoms with E-state index in [0.717, 1.165) is 36.3 Å². The van der Waals surface area contributed by atoms with E-state index < -0.39 is 6.23 Å². The Hall–Kier alpha value is -1.68. The van der Waals surface area contributed by atoms with E-state index in [0.29, 0.717) is 6.42 Å². The molecule has 2 heterocycles. The number of aromatic nitrogens is 2. The van der Waals surface area contributed by atoms with Crippen LogP contribution in [0, 0.1) is 5.82 Å². The molecule has 0 saturated heterocycles. The zero-order valence-corrected chi connectivity index (χ0v) is 10.0. The quantitative estimate of drug-likeness (QED) is 0.883. The molecule has 3 rings (SSSR count). The first-order valence-electron chi connectivity index (χ1n) is 6.21. The Balaban J connectivity index is 1.92. The minimum Gasteiger partial charge on any atom is -0.373 e. The molecule has 1 aliphatic heterocycles. The number of imidazole rings is 1. The molecule has 1 unspecified atom stereocenters. The number of benzene rings is 1. The molecule has 0 saturated carbocycles. The van der Waals surface area contributed by atoms with Crippen LogP contribution in [0.1, 0.15) is 36.2 Å². The van der Waals surface area contributed by atoms with Crippen molar-refractivity contribution in [3.05, 3.63) is 53.4 Å². The van der Waals surface area contributed by atoms with Crippen LogP contribution in [-0.2, 0) is 12.8 Å². The van der Waals surface area contributed by atoms with Gasteiger partial charge in [-0.1, -0.05) is 12.1 Å². The third-order valence-electron chi connectivity index (χ3n) is 3.39. The summed E-state index contributed by atoms with van der Waals surface area (Å²) < 4.78 is 15.0. The van der Waals surface area contributed by atoms with E-state index >= 15 is 0 Å². The maximum atomic E-state index is 13.1. The van der Waals surface area contributed by atoms with Crippen LogP contribution in [0.25, 0.3) is 0 Å². The minimum atomic E-state index is -0.486. The predicted octanol–water partition coefficient (Wildman–Crippen LogP) is 2.44. The molecule has 0 fully saturated rings. The minimum absolute atomic E-state index is 0.238. The summed E-state index contributed by atoms with van der Waals surface area (Å²) >= 11 is 0. The number of hydrogen-bond donors (Lipinski definition) is 1. The molecule has 0 amide bonds. The molecule has 0 spiro atoms. The lowest BCUT2D eigenvalue weighted by atomic mass is 10.1. The summed E-state index contributed by atoms with van der Waals surface area (Å²) in [6.45, 7) is 0. The van der Waals surface area contributed by atoms with Crippen LogP contribution in [0.3, 0.4) is 0 Å². The summed E-state index contributed by atoms with van der Waals surface area (Å²) in [6, 6.07) is 6.51. The van der Waals surface area contributed by atoms with Gasteiger partial charge >= 0.3 is 0 Å². The Morgan fingerprint density at radius 2 is 2.33 bits per heavy atom. The van der Waals surface area contributed by atoms with Gasteiger partial charge in [0, 0.05) is 18.3 Å². The molecule has 4 heteroatoms. The van der Waals surface area contributed by atoms with Crippen molar-refractivity contribution in [1.82, 2.24) is 9.55 Å². The van der Waals surface area contributed by atoms with Gasteiger partial charge in [-0.3, -0.25) is 0 Å². The van der Waals surface area contributed by atoms with E-state index in [1.807, 2.05) is 16.8 Å². The molecule has 2 aromatic rings. The second-order valence-electron chi connectivity index (χ2n) is 4.72. The highest BCUT2D eigenvalue weighted by molar-refractivity contribution is 5.22. The van der Waals surface area contributed by atoms with Crippen molar-refractivity contribution in [2.75, 3.05) is 0 Å². The van der Waals surface area contributed by atoms with E-state index in [9.17, 15) is 9.50 Å². The fourth-order valence-corrected chi connectivity index (χ4v) is 2.54. The Morgan fingerprint density at radius 1 is 1.44 bits per heavy atom. The van der Waals surface area contributed by atoms with Crippen LogP contribution in [0.15, 0.2) is 30.5 Å². The standard InChI is InChI=1S/C14H15FN2O/c15-11-4-1-3-10(7-11)8-13-16-9-12-5-2-6-14(18)17(12)13/h1,3-4,7,9,14,18H,2,5-6,8H2. The van der Waals surface area contributed by atoms with Gasteiger partial charge in [0.05, 0.1) is 0 Å². The molecule has 1 N–H and O–H groups in total. The van der Waals surface area contributed by atoms with Gasteiger partial charge < -0.3 is 9.67 Å². The maximum Gasteiger partial charge on any atom is 0.132 e. The van der Waals surface area contributed by atoms with Crippen molar-refractivity contribution in [3.63, 3.8) is 0 Å². The smallest absolute Gasteiger partial charge is 0.132 e. The van der Waals surface area contributed by atoms with Crippen LogP contribution in [-0.4, -0.2) is 14.7 Å². The third-order valence-corrected chi connectivity index (χ3v) is 3.39. The molecule has 3 nitrogen and oxygen atoms in total. The molecule has 1 aromatic heterocycles. The lowest BCUT2D eigenvalue weighted by molar-refractivity contribution is 0.0762. The average Bonchev–Trinajstić information content (AvgIpc) is 2.74. The summed E-state index contributed by atoms with van der Waals surface area (Å²) in [5.41, 5.74) is 1.95. The molecule has 0 bridgehead atoms. The van der Waals surface area contributed by atoms with Crippen LogP contribution in [0.2, 0.25) is 0 Å². The van der Waals surface area contributed by atoms with Crippen molar-refractivity contribution in [3.8, 4) is 0 Å². The normalized spacial score (nSPS) is 18.7. The van der Waals surface area contributed by atoms with Crippen LogP contribution in [0.5, 0.6) is 0 Å². The van der Waals surface area contributed by atoms with Crippen molar-refractivity contribution in [2.45, 2.75) is 31.9 Å². The molecule has 0 aliphatic carbocycles. The Bertz CT molecular complexity index is 565. The summed E-state index contributed by atoms with van der Waals surface area (Å²) in [5.74, 6) is 0.571. The van der Waals surface area contributed by atoms with E-state index in [4.69, 9.17) is 0 Å². The van der Waals surface area contributed by atoms with E-state index in [-0.39, 0.29) is 5.82 Å². The highest BCUT2D eigenvalue weighted by Crippen LogP contribution is 2.25. The zero-order valence-electron chi connectivity index (χ0n) is 10.0. The second-order valence-corrected chi connectivity index (χ2v) is 4.72. The molecule has 1 aliphatic rings. The highest BCUT2D eigenvalue weighted by Gasteiger charge is 2.21. The van der Waals surface area contributed by atoms with Gasteiger partial charge in [0.25, 0.3) is 0 Å². The van der Waals surface area contributed by atoms with Crippen molar-refractivity contribution < 1.29 is 9.50 Å². The Morgan fingerprint density at radius 3 is 3.17 bits per heavy atom. The molecular weight excluding hydrogens is 231 g/mol. The lowest BCUT2D eigenvalue weighted by Crippen LogP contribution is -2.19. The van der Waals surface area contributed by atoms with Crippen molar-refractivity contribution in [1.29, 1.82) is 0 Å². The van der Waals surface area contributed by atoms with Crippen molar-refractivity contribution >= 4 is 0 Å². The summed E-state index contributed by atoms with van der Waals surface area (Å²) in [5, 5.41) is 10.0. The average molecular weight is 246 g/mol. The van der Waals surface area contributed by atoms with Gasteiger partial charge in [0.15, 0.2) is 0 Å². The molecule has 94 valence electrons. The monoisotopic (exact) mass is 246 g/mol. The van der Waals surface area contributed by atoms with Gasteiger partial charge in [-0.05, 0) is 37.0 Å². The third kappa shape index (κ3) is 2.04. The number of rotatable bonds is 2. The first kappa shape index (κ1) is 11.4. The number of hydrogen-bond acceptors (Lipinski definition) is 2. The highest BCUT2D eigenvalue weighted by atomic mass is 19.1. The zero-order chi connectivity index (χ0) is 12.5. The molecule has 18 heavy (non-hydrogen) atoms. The van der Waals surface area contributed by atoms with E-state index in [2.05, 4.69) is 4.98 Å². The van der Waals surface area contributed by atoms with Crippen LogP contribution in [0.4, 0.5) is 4.39 Å². The summed E-state index contributed by atoms with van der Waals surface area (Å²) in [7, 11) is 0. The number of fused-ring (bicyclic) bond motifs is 1. The van der Waals surface area contributed by atoms with Crippen LogP contribution < -0.4 is 0 Å². The van der Waals surface area contributed by atoms with E-state index in [1.165, 1.54) is 12.1 Å². The summed E-state index contributed by atoms with van der Waals surface area (Å²) in [6.07, 6.45) is 4.59. The molecule has 0 radical (unpaired) electrons. The molecular formula is C14H15FN2O. The first-order chi connectivity index (χ1) is 8.74. The molecule has 1 atom stereocenters. The number of halogens is 1. The molecule has 1 aromatic carbocycles. The Kier molecular flexibility index (Phi) is 2.88. The number of aryl methyl sites for hydroxylation is 1. The van der Waals surface area contributed by atoms with Crippen molar-refractivity contribution in [2.24, 2.45) is 0 Å². The number of aliphatic hydroxyl groups excluding tert-OH is 1. The largest absolute Gasteiger partial charge is 0.373 e.